The number of fused-ring (bicyclic) bond motifs is 1. The number of hydrogen-bond donors (Lipinski definition) is 2. The predicted molar refractivity (Wildman–Crippen MR) is 65.8 cm³/mol. The zero-order valence-electron chi connectivity index (χ0n) is 9.89. The summed E-state index contributed by atoms with van der Waals surface area (Å²) in [6.45, 7) is 0. The Kier molecular flexibility index (Phi) is 2.51. The van der Waals surface area contributed by atoms with Crippen molar-refractivity contribution in [2.24, 2.45) is 0 Å². The van der Waals surface area contributed by atoms with E-state index in [1.165, 1.54) is 0 Å². The molecule has 0 fully saturated rings. The van der Waals surface area contributed by atoms with Crippen molar-refractivity contribution in [3.05, 3.63) is 62.0 Å². The van der Waals surface area contributed by atoms with Crippen LogP contribution in [0.15, 0.2) is 33.9 Å². The van der Waals surface area contributed by atoms with Gasteiger partial charge in [-0.25, -0.2) is 4.79 Å². The van der Waals surface area contributed by atoms with Crippen LogP contribution in [-0.2, 0) is 12.8 Å². The van der Waals surface area contributed by atoms with Crippen LogP contribution in [0.1, 0.15) is 17.2 Å². The average molecular weight is 262 g/mol. The Morgan fingerprint density at radius 1 is 1.21 bits per heavy atom. The molecule has 6 heteroatoms. The first-order chi connectivity index (χ1) is 9.08. The molecular formula is C13H11FN2O3. The van der Waals surface area contributed by atoms with Gasteiger partial charge in [-0.2, -0.15) is 4.39 Å². The van der Waals surface area contributed by atoms with Gasteiger partial charge in [0.1, 0.15) is 0 Å². The molecule has 0 bridgehead atoms. The van der Waals surface area contributed by atoms with Crippen molar-refractivity contribution in [1.82, 2.24) is 9.55 Å². The minimum absolute atomic E-state index is 0.378. The first-order valence-electron chi connectivity index (χ1n) is 5.88. The maximum absolute atomic E-state index is 13.4. The Morgan fingerprint density at radius 3 is 2.37 bits per heavy atom. The van der Waals surface area contributed by atoms with Crippen LogP contribution in [0.3, 0.4) is 0 Å². The first-order valence-corrected chi connectivity index (χ1v) is 5.88. The summed E-state index contributed by atoms with van der Waals surface area (Å²) >= 11 is 0. The lowest BCUT2D eigenvalue weighted by Gasteiger charge is -2.14. The number of halogens is 1. The lowest BCUT2D eigenvalue weighted by Crippen LogP contribution is -2.34. The fraction of sp³-hybridized carbons (Fsp3) is 0.231. The second kappa shape index (κ2) is 4.08. The summed E-state index contributed by atoms with van der Waals surface area (Å²) in [7, 11) is 0. The number of H-pyrrole nitrogens is 1. The standard InChI is InChI=1S/C13H11FN2O3/c14-10-11(17)15-13(19)16(12(10)18)9-5-7-3-1-2-4-8(7)6-9/h1-4,9,18H,5-6H2,(H,15,17,19). The molecule has 1 aromatic heterocycles. The normalized spacial score (nSPS) is 14.6. The fourth-order valence-electron chi connectivity index (χ4n) is 2.57. The highest BCUT2D eigenvalue weighted by atomic mass is 19.1. The zero-order valence-corrected chi connectivity index (χ0v) is 9.89. The molecule has 19 heavy (non-hydrogen) atoms. The third-order valence-electron chi connectivity index (χ3n) is 3.46. The van der Waals surface area contributed by atoms with E-state index in [-0.39, 0.29) is 6.04 Å². The Hall–Kier alpha value is -2.37. The lowest BCUT2D eigenvalue weighted by atomic mass is 10.1. The molecule has 0 amide bonds. The SMILES string of the molecule is O=c1[nH]c(=O)n(C2Cc3ccccc3C2)c(O)c1F. The number of aromatic nitrogens is 2. The summed E-state index contributed by atoms with van der Waals surface area (Å²) in [4.78, 5) is 24.6. The molecule has 1 aromatic carbocycles. The molecule has 2 aromatic rings. The van der Waals surface area contributed by atoms with Gasteiger partial charge in [0.2, 0.25) is 11.7 Å². The van der Waals surface area contributed by atoms with Crippen molar-refractivity contribution in [2.75, 3.05) is 0 Å². The first kappa shape index (κ1) is 11.7. The molecule has 5 nitrogen and oxygen atoms in total. The van der Waals surface area contributed by atoms with E-state index in [2.05, 4.69) is 0 Å². The van der Waals surface area contributed by atoms with E-state index >= 15 is 0 Å². The largest absolute Gasteiger partial charge is 0.492 e. The van der Waals surface area contributed by atoms with Crippen molar-refractivity contribution in [1.29, 1.82) is 0 Å². The van der Waals surface area contributed by atoms with Crippen LogP contribution < -0.4 is 11.2 Å². The van der Waals surface area contributed by atoms with Gasteiger partial charge in [-0.15, -0.1) is 0 Å². The molecule has 3 rings (SSSR count). The number of rotatable bonds is 1. The number of hydrogen-bond acceptors (Lipinski definition) is 3. The highest BCUT2D eigenvalue weighted by Crippen LogP contribution is 2.31. The summed E-state index contributed by atoms with van der Waals surface area (Å²) < 4.78 is 14.3. The highest BCUT2D eigenvalue weighted by molar-refractivity contribution is 5.33. The molecule has 1 aliphatic rings. The van der Waals surface area contributed by atoms with E-state index in [0.29, 0.717) is 12.8 Å². The van der Waals surface area contributed by atoms with E-state index in [1.54, 1.807) is 0 Å². The van der Waals surface area contributed by atoms with Gasteiger partial charge in [0.25, 0.3) is 5.56 Å². The van der Waals surface area contributed by atoms with Gasteiger partial charge in [0, 0.05) is 6.04 Å². The smallest absolute Gasteiger partial charge is 0.331 e. The number of aromatic hydroxyl groups is 1. The second-order valence-corrected chi connectivity index (χ2v) is 4.60. The second-order valence-electron chi connectivity index (χ2n) is 4.60. The van der Waals surface area contributed by atoms with Gasteiger partial charge in [-0.05, 0) is 24.0 Å². The molecule has 0 aliphatic heterocycles. The van der Waals surface area contributed by atoms with Gasteiger partial charge in [0.15, 0.2) is 0 Å². The average Bonchev–Trinajstić information content (AvgIpc) is 2.79. The van der Waals surface area contributed by atoms with Crippen LogP contribution in [0.2, 0.25) is 0 Å². The Bertz CT molecular complexity index is 738. The van der Waals surface area contributed by atoms with Crippen LogP contribution in [-0.4, -0.2) is 14.7 Å². The van der Waals surface area contributed by atoms with Crippen molar-refractivity contribution in [3.63, 3.8) is 0 Å². The molecular weight excluding hydrogens is 251 g/mol. The topological polar surface area (TPSA) is 75.1 Å². The van der Waals surface area contributed by atoms with Crippen LogP contribution in [0.4, 0.5) is 4.39 Å². The van der Waals surface area contributed by atoms with E-state index < -0.39 is 22.9 Å². The number of aromatic amines is 1. The quantitative estimate of drug-likeness (QED) is 0.795. The predicted octanol–water partition coefficient (Wildman–Crippen LogP) is 0.721. The third kappa shape index (κ3) is 1.76. The number of nitrogens with zero attached hydrogens (tertiary/aromatic N) is 1. The third-order valence-corrected chi connectivity index (χ3v) is 3.46. The summed E-state index contributed by atoms with van der Waals surface area (Å²) in [6, 6.07) is 7.25. The summed E-state index contributed by atoms with van der Waals surface area (Å²) in [5.74, 6) is -2.22. The Balaban J connectivity index is 2.10. The van der Waals surface area contributed by atoms with Crippen molar-refractivity contribution >= 4 is 0 Å². The maximum atomic E-state index is 13.4. The van der Waals surface area contributed by atoms with Gasteiger partial charge < -0.3 is 5.11 Å². The van der Waals surface area contributed by atoms with E-state index in [0.717, 1.165) is 15.7 Å². The molecule has 0 radical (unpaired) electrons. The monoisotopic (exact) mass is 262 g/mol. The molecule has 2 N–H and O–H groups in total. The summed E-state index contributed by atoms with van der Waals surface area (Å²) in [5, 5.41) is 9.67. The van der Waals surface area contributed by atoms with Gasteiger partial charge in [0.05, 0.1) is 0 Å². The minimum atomic E-state index is -1.32. The number of benzene rings is 1. The van der Waals surface area contributed by atoms with Crippen LogP contribution in [0.25, 0.3) is 0 Å². The van der Waals surface area contributed by atoms with Crippen LogP contribution in [0, 0.1) is 5.82 Å². The maximum Gasteiger partial charge on any atom is 0.331 e. The van der Waals surface area contributed by atoms with Crippen molar-refractivity contribution in [3.8, 4) is 5.88 Å². The van der Waals surface area contributed by atoms with Crippen molar-refractivity contribution in [2.45, 2.75) is 18.9 Å². The summed E-state index contributed by atoms with van der Waals surface area (Å²) in [5.41, 5.74) is 0.131. The molecule has 0 atom stereocenters. The molecule has 1 heterocycles. The van der Waals surface area contributed by atoms with Gasteiger partial charge >= 0.3 is 5.69 Å². The summed E-state index contributed by atoms with van der Waals surface area (Å²) in [6.07, 6.45) is 1.05. The Morgan fingerprint density at radius 2 is 1.79 bits per heavy atom. The van der Waals surface area contributed by atoms with E-state index in [1.807, 2.05) is 29.2 Å². The Labute approximate surface area is 107 Å². The van der Waals surface area contributed by atoms with E-state index in [4.69, 9.17) is 0 Å². The van der Waals surface area contributed by atoms with Crippen LogP contribution in [0.5, 0.6) is 5.88 Å². The fourth-order valence-corrected chi connectivity index (χ4v) is 2.57. The van der Waals surface area contributed by atoms with Gasteiger partial charge in [-0.3, -0.25) is 14.3 Å². The lowest BCUT2D eigenvalue weighted by molar-refractivity contribution is 0.334. The van der Waals surface area contributed by atoms with Gasteiger partial charge in [-0.1, -0.05) is 24.3 Å². The van der Waals surface area contributed by atoms with Crippen LogP contribution >= 0.6 is 0 Å². The molecule has 0 saturated heterocycles. The molecule has 98 valence electrons. The van der Waals surface area contributed by atoms with E-state index in [9.17, 15) is 19.1 Å². The molecule has 0 unspecified atom stereocenters. The van der Waals surface area contributed by atoms with Crippen molar-refractivity contribution < 1.29 is 9.50 Å². The minimum Gasteiger partial charge on any atom is -0.492 e. The number of nitrogens with one attached hydrogen (secondary N) is 1. The zero-order chi connectivity index (χ0) is 13.6. The molecule has 0 spiro atoms. The highest BCUT2D eigenvalue weighted by Gasteiger charge is 2.27. The molecule has 0 saturated carbocycles. The molecule has 1 aliphatic carbocycles.